The van der Waals surface area contributed by atoms with Gasteiger partial charge in [-0.15, -0.1) is 11.3 Å². The van der Waals surface area contributed by atoms with Gasteiger partial charge in [-0.25, -0.2) is 9.97 Å². The molecular weight excluding hydrogens is 412 g/mol. The molecule has 3 N–H and O–H groups in total. The van der Waals surface area contributed by atoms with Crippen LogP contribution in [0.25, 0.3) is 15.9 Å². The molecule has 7 nitrogen and oxygen atoms in total. The van der Waals surface area contributed by atoms with Crippen molar-refractivity contribution in [1.29, 1.82) is 0 Å². The summed E-state index contributed by atoms with van der Waals surface area (Å²) in [6.07, 6.45) is 3.07. The van der Waals surface area contributed by atoms with Gasteiger partial charge in [0.15, 0.2) is 9.45 Å². The van der Waals surface area contributed by atoms with E-state index in [0.29, 0.717) is 16.2 Å². The summed E-state index contributed by atoms with van der Waals surface area (Å²) >= 11 is 7.64. The Morgan fingerprint density at radius 1 is 1.32 bits per heavy atom. The van der Waals surface area contributed by atoms with Gasteiger partial charge in [0.2, 0.25) is 0 Å². The average molecular weight is 427 g/mol. The SMILES string of the molecule is Cc1cccn2c(=O)c(C=NNC(N)=S)c(Sc3nc4ccccc4s3)nc12. The lowest BCUT2D eigenvalue weighted by Crippen LogP contribution is -2.26. The van der Waals surface area contributed by atoms with Crippen LogP contribution in [0, 0.1) is 6.92 Å². The molecule has 0 aliphatic heterocycles. The first-order valence-electron chi connectivity index (χ1n) is 8.17. The van der Waals surface area contributed by atoms with E-state index >= 15 is 0 Å². The minimum Gasteiger partial charge on any atom is -0.375 e. The van der Waals surface area contributed by atoms with Crippen molar-refractivity contribution in [3.8, 4) is 0 Å². The van der Waals surface area contributed by atoms with Crippen molar-refractivity contribution in [3.63, 3.8) is 0 Å². The van der Waals surface area contributed by atoms with Crippen LogP contribution in [0.4, 0.5) is 0 Å². The van der Waals surface area contributed by atoms with Crippen molar-refractivity contribution in [1.82, 2.24) is 19.8 Å². The number of benzene rings is 1. The number of thiazole rings is 1. The van der Waals surface area contributed by atoms with Crippen LogP contribution in [0.15, 0.2) is 61.9 Å². The lowest BCUT2D eigenvalue weighted by Gasteiger charge is -2.08. The summed E-state index contributed by atoms with van der Waals surface area (Å²) in [5, 5.41) is 4.49. The predicted molar refractivity (Wildman–Crippen MR) is 117 cm³/mol. The van der Waals surface area contributed by atoms with Gasteiger partial charge in [0.1, 0.15) is 10.7 Å². The topological polar surface area (TPSA) is 97.7 Å². The number of para-hydroxylation sites is 1. The van der Waals surface area contributed by atoms with Gasteiger partial charge in [0, 0.05) is 6.20 Å². The first-order chi connectivity index (χ1) is 13.5. The zero-order chi connectivity index (χ0) is 19.7. The summed E-state index contributed by atoms with van der Waals surface area (Å²) in [6, 6.07) is 11.6. The van der Waals surface area contributed by atoms with Gasteiger partial charge in [-0.05, 0) is 54.7 Å². The fourth-order valence-corrected chi connectivity index (χ4v) is 4.73. The maximum atomic E-state index is 13.0. The van der Waals surface area contributed by atoms with Crippen molar-refractivity contribution in [2.75, 3.05) is 0 Å². The molecule has 3 aromatic heterocycles. The summed E-state index contributed by atoms with van der Waals surface area (Å²) < 4.78 is 3.37. The molecule has 0 amide bonds. The molecule has 0 unspecified atom stereocenters. The number of thiocarbonyl (C=S) groups is 1. The smallest absolute Gasteiger partial charge is 0.267 e. The number of aryl methyl sites for hydroxylation is 1. The fourth-order valence-electron chi connectivity index (χ4n) is 2.62. The molecule has 1 aromatic carbocycles. The van der Waals surface area contributed by atoms with Gasteiger partial charge in [-0.1, -0.05) is 18.2 Å². The third-order valence-electron chi connectivity index (χ3n) is 3.88. The van der Waals surface area contributed by atoms with E-state index in [1.165, 1.54) is 22.4 Å². The second-order valence-corrected chi connectivity index (χ2v) is 8.51. The summed E-state index contributed by atoms with van der Waals surface area (Å²) in [7, 11) is 0. The van der Waals surface area contributed by atoms with Crippen LogP contribution in [-0.2, 0) is 0 Å². The minimum absolute atomic E-state index is 0.0151. The number of aromatic nitrogens is 3. The first kappa shape index (κ1) is 18.5. The Labute approximate surface area is 173 Å². The zero-order valence-corrected chi connectivity index (χ0v) is 17.1. The molecule has 4 rings (SSSR count). The first-order valence-corrected chi connectivity index (χ1v) is 10.2. The number of nitrogens with zero attached hydrogens (tertiary/aromatic N) is 4. The minimum atomic E-state index is -0.231. The van der Waals surface area contributed by atoms with Crippen LogP contribution in [0.3, 0.4) is 0 Å². The van der Waals surface area contributed by atoms with Crippen molar-refractivity contribution >= 4 is 62.5 Å². The number of hydrogen-bond donors (Lipinski definition) is 2. The predicted octanol–water partition coefficient (Wildman–Crippen LogP) is 2.93. The summed E-state index contributed by atoms with van der Waals surface area (Å²) in [5.41, 5.74) is 10.4. The molecule has 10 heteroatoms. The normalized spacial score (nSPS) is 11.5. The van der Waals surface area contributed by atoms with Crippen molar-refractivity contribution in [2.45, 2.75) is 16.3 Å². The molecule has 0 aliphatic rings. The second-order valence-electron chi connectivity index (χ2n) is 5.80. The van der Waals surface area contributed by atoms with E-state index in [-0.39, 0.29) is 10.7 Å². The van der Waals surface area contributed by atoms with Gasteiger partial charge in [0.25, 0.3) is 5.56 Å². The molecule has 0 saturated heterocycles. The highest BCUT2D eigenvalue weighted by Gasteiger charge is 2.16. The Hall–Kier alpha value is -2.82. The quantitative estimate of drug-likeness (QED) is 0.224. The third-order valence-corrected chi connectivity index (χ3v) is 6.07. The van der Waals surface area contributed by atoms with Crippen LogP contribution >= 0.6 is 35.3 Å². The number of rotatable bonds is 4. The maximum absolute atomic E-state index is 13.0. The Balaban J connectivity index is 1.86. The second kappa shape index (κ2) is 7.66. The van der Waals surface area contributed by atoms with E-state index in [1.54, 1.807) is 23.6 Å². The van der Waals surface area contributed by atoms with Crippen molar-refractivity contribution in [3.05, 3.63) is 64.1 Å². The molecular formula is C18H14N6OS3. The van der Waals surface area contributed by atoms with Crippen LogP contribution < -0.4 is 16.7 Å². The molecule has 0 fully saturated rings. The van der Waals surface area contributed by atoms with Gasteiger partial charge in [0.05, 0.1) is 22.0 Å². The molecule has 0 aliphatic carbocycles. The van der Waals surface area contributed by atoms with Gasteiger partial charge < -0.3 is 5.73 Å². The number of pyridine rings is 1. The summed E-state index contributed by atoms with van der Waals surface area (Å²) in [6.45, 7) is 1.91. The molecule has 0 atom stereocenters. The highest BCUT2D eigenvalue weighted by molar-refractivity contribution is 8.01. The molecule has 3 heterocycles. The number of fused-ring (bicyclic) bond motifs is 2. The van der Waals surface area contributed by atoms with E-state index in [9.17, 15) is 4.79 Å². The van der Waals surface area contributed by atoms with E-state index in [4.69, 9.17) is 22.9 Å². The lowest BCUT2D eigenvalue weighted by atomic mass is 10.3. The Morgan fingerprint density at radius 3 is 2.93 bits per heavy atom. The van der Waals surface area contributed by atoms with Gasteiger partial charge in [-0.3, -0.25) is 14.6 Å². The van der Waals surface area contributed by atoms with E-state index in [0.717, 1.165) is 20.1 Å². The van der Waals surface area contributed by atoms with Crippen molar-refractivity contribution in [2.24, 2.45) is 10.8 Å². The highest BCUT2D eigenvalue weighted by Crippen LogP contribution is 2.34. The number of hydrogen-bond acceptors (Lipinski definition) is 7. The largest absolute Gasteiger partial charge is 0.375 e. The Morgan fingerprint density at radius 2 is 2.14 bits per heavy atom. The van der Waals surface area contributed by atoms with E-state index in [1.807, 2.05) is 37.3 Å². The average Bonchev–Trinajstić information content (AvgIpc) is 3.07. The van der Waals surface area contributed by atoms with E-state index in [2.05, 4.69) is 15.5 Å². The van der Waals surface area contributed by atoms with Crippen LogP contribution in [0.1, 0.15) is 11.1 Å². The number of nitrogens with one attached hydrogen (secondary N) is 1. The molecule has 0 spiro atoms. The third kappa shape index (κ3) is 3.61. The molecule has 0 bridgehead atoms. The summed E-state index contributed by atoms with van der Waals surface area (Å²) in [4.78, 5) is 22.4. The molecule has 0 radical (unpaired) electrons. The number of hydrazone groups is 1. The van der Waals surface area contributed by atoms with Crippen LogP contribution in [0.2, 0.25) is 0 Å². The lowest BCUT2D eigenvalue weighted by molar-refractivity contribution is 0.961. The van der Waals surface area contributed by atoms with Gasteiger partial charge in [-0.2, -0.15) is 5.10 Å². The fraction of sp³-hybridized carbons (Fsp3) is 0.0556. The molecule has 0 saturated carbocycles. The Kier molecular flexibility index (Phi) is 5.07. The monoisotopic (exact) mass is 426 g/mol. The standard InChI is InChI=1S/C18H14N6OS3/c1-10-5-4-8-24-14(10)22-15(11(16(24)25)9-20-23-17(19)26)28-18-21-12-6-2-3-7-13(12)27-18/h2-9H,1H3,(H3,19,23,26). The number of nitrogens with two attached hydrogens (primary N) is 1. The maximum Gasteiger partial charge on any atom is 0.267 e. The van der Waals surface area contributed by atoms with Crippen LogP contribution in [0.5, 0.6) is 0 Å². The molecule has 140 valence electrons. The summed E-state index contributed by atoms with van der Waals surface area (Å²) in [5.74, 6) is 0. The molecule has 4 aromatic rings. The van der Waals surface area contributed by atoms with Crippen molar-refractivity contribution < 1.29 is 0 Å². The van der Waals surface area contributed by atoms with E-state index < -0.39 is 0 Å². The highest BCUT2D eigenvalue weighted by atomic mass is 32.2. The Bertz CT molecular complexity index is 1260. The van der Waals surface area contributed by atoms with Gasteiger partial charge >= 0.3 is 0 Å². The zero-order valence-electron chi connectivity index (χ0n) is 14.6. The van der Waals surface area contributed by atoms with Crippen LogP contribution in [-0.4, -0.2) is 25.7 Å². The molecule has 28 heavy (non-hydrogen) atoms.